The summed E-state index contributed by atoms with van der Waals surface area (Å²) in [6.45, 7) is 2.02. The molecular formula is C16H20N2O2S. The third kappa shape index (κ3) is 2.67. The first-order chi connectivity index (χ1) is 10.1. The van der Waals surface area contributed by atoms with Gasteiger partial charge in [-0.1, -0.05) is 6.42 Å². The first-order valence-electron chi connectivity index (χ1n) is 7.35. The summed E-state index contributed by atoms with van der Waals surface area (Å²) in [6, 6.07) is 5.65. The topological polar surface area (TPSA) is 55.1 Å². The summed E-state index contributed by atoms with van der Waals surface area (Å²) in [5.74, 6) is 0.104. The van der Waals surface area contributed by atoms with E-state index in [1.165, 1.54) is 12.8 Å². The molecule has 21 heavy (non-hydrogen) atoms. The Bertz CT molecular complexity index is 680. The zero-order valence-corrected chi connectivity index (χ0v) is 13.2. The van der Waals surface area contributed by atoms with E-state index >= 15 is 0 Å². The van der Waals surface area contributed by atoms with Gasteiger partial charge in [-0.25, -0.2) is 9.78 Å². The van der Waals surface area contributed by atoms with Crippen LogP contribution < -0.4 is 0 Å². The second kappa shape index (κ2) is 5.72. The average molecular weight is 304 g/mol. The molecule has 1 N–H and O–H groups in total. The highest BCUT2D eigenvalue weighted by molar-refractivity contribution is 7.99. The quantitative estimate of drug-likeness (QED) is 0.934. The van der Waals surface area contributed by atoms with Gasteiger partial charge in [0.15, 0.2) is 0 Å². The molecule has 0 amide bonds. The van der Waals surface area contributed by atoms with Crippen LogP contribution in [0.25, 0.3) is 11.0 Å². The van der Waals surface area contributed by atoms with Gasteiger partial charge in [0.2, 0.25) is 0 Å². The van der Waals surface area contributed by atoms with Gasteiger partial charge in [-0.15, -0.1) is 0 Å². The average Bonchev–Trinajstić information content (AvgIpc) is 2.82. The number of carboxylic acids is 1. The maximum absolute atomic E-state index is 11.2. The maximum atomic E-state index is 11.2. The number of thioether (sulfide) groups is 1. The standard InChI is InChI=1S/C16H20N2O2S/c1-10-17-14-7-6-11(16(19)20)8-15(14)18(10)12-4-3-5-13(9-12)21-2/h6-8,12-13H,3-5,9H2,1-2H3,(H,19,20). The molecule has 0 spiro atoms. The number of carbonyl (C=O) groups is 1. The van der Waals surface area contributed by atoms with Crippen LogP contribution in [0.2, 0.25) is 0 Å². The minimum absolute atomic E-state index is 0.334. The van der Waals surface area contributed by atoms with E-state index in [9.17, 15) is 9.90 Å². The van der Waals surface area contributed by atoms with Crippen LogP contribution >= 0.6 is 11.8 Å². The Kier molecular flexibility index (Phi) is 3.93. The van der Waals surface area contributed by atoms with Crippen molar-refractivity contribution in [2.45, 2.75) is 43.9 Å². The third-order valence-electron chi connectivity index (χ3n) is 4.41. The van der Waals surface area contributed by atoms with Crippen LogP contribution in [0, 0.1) is 6.92 Å². The molecule has 1 fully saturated rings. The number of aryl methyl sites for hydroxylation is 1. The highest BCUT2D eigenvalue weighted by Gasteiger charge is 2.25. The summed E-state index contributed by atoms with van der Waals surface area (Å²) in [7, 11) is 0. The van der Waals surface area contributed by atoms with E-state index < -0.39 is 5.97 Å². The minimum atomic E-state index is -0.882. The lowest BCUT2D eigenvalue weighted by Crippen LogP contribution is -2.21. The number of fused-ring (bicyclic) bond motifs is 1. The van der Waals surface area contributed by atoms with Crippen LogP contribution in [-0.2, 0) is 0 Å². The molecule has 0 aliphatic heterocycles. The van der Waals surface area contributed by atoms with E-state index in [0.29, 0.717) is 16.9 Å². The molecule has 1 aromatic heterocycles. The highest BCUT2D eigenvalue weighted by Crippen LogP contribution is 2.36. The summed E-state index contributed by atoms with van der Waals surface area (Å²) in [5, 5.41) is 9.90. The summed E-state index contributed by atoms with van der Waals surface area (Å²) >= 11 is 1.94. The van der Waals surface area contributed by atoms with Crippen molar-refractivity contribution in [2.75, 3.05) is 6.26 Å². The van der Waals surface area contributed by atoms with Crippen LogP contribution in [0.4, 0.5) is 0 Å². The first-order valence-corrected chi connectivity index (χ1v) is 8.63. The maximum Gasteiger partial charge on any atom is 0.335 e. The van der Waals surface area contributed by atoms with Gasteiger partial charge >= 0.3 is 5.97 Å². The van der Waals surface area contributed by atoms with E-state index in [1.54, 1.807) is 12.1 Å². The van der Waals surface area contributed by atoms with Crippen LogP contribution in [0.1, 0.15) is 47.9 Å². The number of benzene rings is 1. The molecule has 2 unspecified atom stereocenters. The molecule has 112 valence electrons. The van der Waals surface area contributed by atoms with Gasteiger partial charge in [-0.3, -0.25) is 0 Å². The Morgan fingerprint density at radius 3 is 2.95 bits per heavy atom. The Hall–Kier alpha value is -1.49. The lowest BCUT2D eigenvalue weighted by molar-refractivity contribution is 0.0697. The second-order valence-corrected chi connectivity index (χ2v) is 6.85. The second-order valence-electron chi connectivity index (χ2n) is 5.72. The molecule has 2 aromatic rings. The van der Waals surface area contributed by atoms with Gasteiger partial charge in [-0.2, -0.15) is 11.8 Å². The highest BCUT2D eigenvalue weighted by atomic mass is 32.2. The Morgan fingerprint density at radius 1 is 1.43 bits per heavy atom. The van der Waals surface area contributed by atoms with Crippen molar-refractivity contribution in [1.82, 2.24) is 9.55 Å². The number of imidazole rings is 1. The van der Waals surface area contributed by atoms with E-state index in [1.807, 2.05) is 24.8 Å². The van der Waals surface area contributed by atoms with Crippen molar-refractivity contribution in [3.05, 3.63) is 29.6 Å². The first kappa shape index (κ1) is 14.4. The summed E-state index contributed by atoms with van der Waals surface area (Å²) < 4.78 is 2.25. The SMILES string of the molecule is CSC1CCCC(n2c(C)nc3ccc(C(=O)O)cc32)C1. The van der Waals surface area contributed by atoms with Crippen molar-refractivity contribution in [3.8, 4) is 0 Å². The normalized spacial score (nSPS) is 22.6. The number of rotatable bonds is 3. The Balaban J connectivity index is 2.06. The molecule has 2 atom stereocenters. The molecule has 0 bridgehead atoms. The molecule has 1 aliphatic carbocycles. The van der Waals surface area contributed by atoms with Crippen LogP contribution in [0.15, 0.2) is 18.2 Å². The van der Waals surface area contributed by atoms with Gasteiger partial charge in [0.25, 0.3) is 0 Å². The predicted molar refractivity (Wildman–Crippen MR) is 86.2 cm³/mol. The van der Waals surface area contributed by atoms with Crippen molar-refractivity contribution in [2.24, 2.45) is 0 Å². The largest absolute Gasteiger partial charge is 0.478 e. The number of nitrogens with zero attached hydrogens (tertiary/aromatic N) is 2. The fourth-order valence-corrected chi connectivity index (χ4v) is 4.19. The van der Waals surface area contributed by atoms with Crippen molar-refractivity contribution >= 4 is 28.8 Å². The van der Waals surface area contributed by atoms with Gasteiger partial charge in [-0.05, 0) is 50.6 Å². The van der Waals surface area contributed by atoms with Crippen LogP contribution in [0.3, 0.4) is 0 Å². The fourth-order valence-electron chi connectivity index (χ4n) is 3.38. The van der Waals surface area contributed by atoms with E-state index in [2.05, 4.69) is 15.8 Å². The van der Waals surface area contributed by atoms with E-state index in [-0.39, 0.29) is 0 Å². The van der Waals surface area contributed by atoms with Crippen LogP contribution in [0.5, 0.6) is 0 Å². The minimum Gasteiger partial charge on any atom is -0.478 e. The monoisotopic (exact) mass is 304 g/mol. The molecule has 5 heteroatoms. The fraction of sp³-hybridized carbons (Fsp3) is 0.500. The van der Waals surface area contributed by atoms with E-state index in [4.69, 9.17) is 0 Å². The molecule has 1 heterocycles. The summed E-state index contributed by atoms with van der Waals surface area (Å²) in [5.41, 5.74) is 2.18. The van der Waals surface area contributed by atoms with Gasteiger partial charge in [0.05, 0.1) is 16.6 Å². The summed E-state index contributed by atoms with van der Waals surface area (Å²) in [4.78, 5) is 15.8. The molecule has 3 rings (SSSR count). The number of carboxylic acid groups (broad SMARTS) is 1. The van der Waals surface area contributed by atoms with Crippen molar-refractivity contribution < 1.29 is 9.90 Å². The van der Waals surface area contributed by atoms with Gasteiger partial charge in [0, 0.05) is 11.3 Å². The summed E-state index contributed by atoms with van der Waals surface area (Å²) in [6.07, 6.45) is 6.98. The zero-order chi connectivity index (χ0) is 15.0. The Labute approximate surface area is 128 Å². The predicted octanol–water partition coefficient (Wildman–Crippen LogP) is 3.89. The molecule has 1 aliphatic rings. The molecule has 0 saturated heterocycles. The lowest BCUT2D eigenvalue weighted by Gasteiger charge is -2.30. The number of hydrogen-bond acceptors (Lipinski definition) is 3. The van der Waals surface area contributed by atoms with E-state index in [0.717, 1.165) is 29.7 Å². The van der Waals surface area contributed by atoms with Crippen molar-refractivity contribution in [1.29, 1.82) is 0 Å². The third-order valence-corrected chi connectivity index (χ3v) is 5.50. The van der Waals surface area contributed by atoms with Gasteiger partial charge in [0.1, 0.15) is 5.82 Å². The molecular weight excluding hydrogens is 284 g/mol. The molecule has 4 nitrogen and oxygen atoms in total. The smallest absolute Gasteiger partial charge is 0.335 e. The molecule has 1 aromatic carbocycles. The number of aromatic nitrogens is 2. The van der Waals surface area contributed by atoms with Crippen LogP contribution in [-0.4, -0.2) is 32.1 Å². The zero-order valence-electron chi connectivity index (χ0n) is 12.4. The van der Waals surface area contributed by atoms with Crippen molar-refractivity contribution in [3.63, 3.8) is 0 Å². The molecule has 1 saturated carbocycles. The van der Waals surface area contributed by atoms with Gasteiger partial charge < -0.3 is 9.67 Å². The lowest BCUT2D eigenvalue weighted by atomic mass is 9.94. The number of aromatic carboxylic acids is 1. The number of hydrogen-bond donors (Lipinski definition) is 1. The molecule has 0 radical (unpaired) electrons. The Morgan fingerprint density at radius 2 is 2.24 bits per heavy atom.